The zero-order valence-corrected chi connectivity index (χ0v) is 11.4. The van der Waals surface area contributed by atoms with Crippen molar-refractivity contribution in [1.82, 2.24) is 4.98 Å². The molecule has 1 aromatic heterocycles. The van der Waals surface area contributed by atoms with E-state index in [2.05, 4.69) is 11.1 Å². The molecule has 0 spiro atoms. The Bertz CT molecular complexity index is 666. The molecule has 102 valence electrons. The van der Waals surface area contributed by atoms with Crippen LogP contribution in [0.4, 0.5) is 4.39 Å². The summed E-state index contributed by atoms with van der Waals surface area (Å²) in [6.07, 6.45) is 4.65. The van der Waals surface area contributed by atoms with Crippen LogP contribution in [-0.4, -0.2) is 10.8 Å². The van der Waals surface area contributed by atoms with Gasteiger partial charge < -0.3 is 0 Å². The third kappa shape index (κ3) is 2.24. The fraction of sp³-hybridized carbons (Fsp3) is 0.294. The standard InChI is InChI=1S/C17H16FNO/c1-11(20)13-7-8-16(18)15(10-13)14-6-2-4-12-5-3-9-19-17(12)14/h3,5,7-10,14H,2,4,6H2,1H3. The fourth-order valence-corrected chi connectivity index (χ4v) is 2.94. The van der Waals surface area contributed by atoms with Gasteiger partial charge in [-0.25, -0.2) is 4.39 Å². The maximum atomic E-state index is 14.2. The molecular formula is C17H16FNO. The molecule has 2 nitrogen and oxygen atoms in total. The molecule has 3 heteroatoms. The summed E-state index contributed by atoms with van der Waals surface area (Å²) in [5, 5.41) is 0. The van der Waals surface area contributed by atoms with E-state index in [0.29, 0.717) is 11.1 Å². The van der Waals surface area contributed by atoms with Gasteiger partial charge in [0.25, 0.3) is 0 Å². The highest BCUT2D eigenvalue weighted by Gasteiger charge is 2.25. The summed E-state index contributed by atoms with van der Waals surface area (Å²) in [7, 11) is 0. The quantitative estimate of drug-likeness (QED) is 0.774. The number of ketones is 1. The van der Waals surface area contributed by atoms with Crippen LogP contribution in [-0.2, 0) is 6.42 Å². The largest absolute Gasteiger partial charge is 0.295 e. The van der Waals surface area contributed by atoms with E-state index >= 15 is 0 Å². The van der Waals surface area contributed by atoms with Gasteiger partial charge in [-0.15, -0.1) is 0 Å². The van der Waals surface area contributed by atoms with Crippen molar-refractivity contribution in [3.8, 4) is 0 Å². The van der Waals surface area contributed by atoms with E-state index in [9.17, 15) is 9.18 Å². The first kappa shape index (κ1) is 13.0. The second kappa shape index (κ2) is 5.16. The van der Waals surface area contributed by atoms with Gasteiger partial charge in [0.1, 0.15) is 5.82 Å². The van der Waals surface area contributed by atoms with Crippen LogP contribution in [0.3, 0.4) is 0 Å². The van der Waals surface area contributed by atoms with E-state index in [4.69, 9.17) is 0 Å². The van der Waals surface area contributed by atoms with Gasteiger partial charge in [-0.1, -0.05) is 6.07 Å². The molecule has 0 amide bonds. The minimum atomic E-state index is -0.251. The molecule has 1 heterocycles. The molecule has 3 rings (SSSR count). The zero-order chi connectivity index (χ0) is 14.1. The summed E-state index contributed by atoms with van der Waals surface area (Å²) >= 11 is 0. The highest BCUT2D eigenvalue weighted by molar-refractivity contribution is 5.94. The molecule has 0 aliphatic heterocycles. The van der Waals surface area contributed by atoms with Gasteiger partial charge >= 0.3 is 0 Å². The number of benzene rings is 1. The Morgan fingerprint density at radius 1 is 1.35 bits per heavy atom. The molecule has 1 aliphatic rings. The predicted octanol–water partition coefficient (Wildman–Crippen LogP) is 3.89. The van der Waals surface area contributed by atoms with Crippen LogP contribution >= 0.6 is 0 Å². The Morgan fingerprint density at radius 3 is 3.00 bits per heavy atom. The molecule has 0 N–H and O–H groups in total. The maximum absolute atomic E-state index is 14.2. The normalized spacial score (nSPS) is 17.6. The van der Waals surface area contributed by atoms with Crippen LogP contribution in [0.2, 0.25) is 0 Å². The molecule has 20 heavy (non-hydrogen) atoms. The van der Waals surface area contributed by atoms with E-state index in [0.717, 1.165) is 25.0 Å². The Hall–Kier alpha value is -2.03. The van der Waals surface area contributed by atoms with Crippen molar-refractivity contribution < 1.29 is 9.18 Å². The molecule has 1 atom stereocenters. The number of Topliss-reactive ketones (excluding diaryl/α,β-unsaturated/α-hetero) is 1. The van der Waals surface area contributed by atoms with Crippen LogP contribution in [0.25, 0.3) is 0 Å². The number of carbonyl (C=O) groups excluding carboxylic acids is 1. The Labute approximate surface area is 117 Å². The van der Waals surface area contributed by atoms with Crippen molar-refractivity contribution in [3.05, 3.63) is 64.7 Å². The van der Waals surface area contributed by atoms with Crippen LogP contribution < -0.4 is 0 Å². The summed E-state index contributed by atoms with van der Waals surface area (Å²) < 4.78 is 14.2. The first-order valence-corrected chi connectivity index (χ1v) is 6.91. The summed E-state index contributed by atoms with van der Waals surface area (Å²) in [6, 6.07) is 8.60. The molecule has 1 aromatic carbocycles. The number of nitrogens with zero attached hydrogens (tertiary/aromatic N) is 1. The molecule has 0 saturated carbocycles. The van der Waals surface area contributed by atoms with Gasteiger partial charge in [0.15, 0.2) is 5.78 Å². The first-order chi connectivity index (χ1) is 9.66. The SMILES string of the molecule is CC(=O)c1ccc(F)c(C2CCCc3cccnc32)c1. The number of fused-ring (bicyclic) bond motifs is 1. The summed E-state index contributed by atoms with van der Waals surface area (Å²) in [5.41, 5.74) is 3.30. The molecule has 1 aliphatic carbocycles. The zero-order valence-electron chi connectivity index (χ0n) is 11.4. The van der Waals surface area contributed by atoms with Gasteiger partial charge in [0.05, 0.1) is 5.69 Å². The summed E-state index contributed by atoms with van der Waals surface area (Å²) in [4.78, 5) is 15.9. The Morgan fingerprint density at radius 2 is 2.20 bits per heavy atom. The molecule has 0 radical (unpaired) electrons. The summed E-state index contributed by atoms with van der Waals surface area (Å²) in [5.74, 6) is -0.332. The number of hydrogen-bond donors (Lipinski definition) is 0. The second-order valence-corrected chi connectivity index (χ2v) is 5.29. The average molecular weight is 269 g/mol. The van der Waals surface area contributed by atoms with Crippen LogP contribution in [0, 0.1) is 5.82 Å². The minimum absolute atomic E-state index is 0.0386. The fourth-order valence-electron chi connectivity index (χ4n) is 2.94. The number of aromatic nitrogens is 1. The second-order valence-electron chi connectivity index (χ2n) is 5.29. The maximum Gasteiger partial charge on any atom is 0.159 e. The highest BCUT2D eigenvalue weighted by Crippen LogP contribution is 2.36. The highest BCUT2D eigenvalue weighted by atomic mass is 19.1. The topological polar surface area (TPSA) is 30.0 Å². The van der Waals surface area contributed by atoms with Crippen molar-refractivity contribution in [2.45, 2.75) is 32.1 Å². The van der Waals surface area contributed by atoms with E-state index < -0.39 is 0 Å². The van der Waals surface area contributed by atoms with E-state index in [1.165, 1.54) is 18.6 Å². The number of hydrogen-bond acceptors (Lipinski definition) is 2. The van der Waals surface area contributed by atoms with Crippen molar-refractivity contribution in [1.29, 1.82) is 0 Å². The molecular weight excluding hydrogens is 253 g/mol. The number of rotatable bonds is 2. The van der Waals surface area contributed by atoms with Gasteiger partial charge in [0, 0.05) is 17.7 Å². The third-order valence-electron chi connectivity index (χ3n) is 3.97. The van der Waals surface area contributed by atoms with Crippen LogP contribution in [0.15, 0.2) is 36.5 Å². The molecule has 0 fully saturated rings. The molecule has 0 bridgehead atoms. The molecule has 2 aromatic rings. The van der Waals surface area contributed by atoms with Crippen LogP contribution in [0.5, 0.6) is 0 Å². The minimum Gasteiger partial charge on any atom is -0.295 e. The third-order valence-corrected chi connectivity index (χ3v) is 3.97. The Kier molecular flexibility index (Phi) is 3.35. The first-order valence-electron chi connectivity index (χ1n) is 6.91. The van der Waals surface area contributed by atoms with Gasteiger partial charge in [-0.2, -0.15) is 0 Å². The number of pyridine rings is 1. The van der Waals surface area contributed by atoms with E-state index in [1.807, 2.05) is 6.07 Å². The van der Waals surface area contributed by atoms with Gasteiger partial charge in [0.2, 0.25) is 0 Å². The molecule has 0 saturated heterocycles. The van der Waals surface area contributed by atoms with Crippen molar-refractivity contribution >= 4 is 5.78 Å². The van der Waals surface area contributed by atoms with Gasteiger partial charge in [-0.05, 0) is 61.6 Å². The lowest BCUT2D eigenvalue weighted by Crippen LogP contribution is -2.14. The number of carbonyl (C=O) groups is 1. The lowest BCUT2D eigenvalue weighted by molar-refractivity contribution is 0.101. The Balaban J connectivity index is 2.10. The van der Waals surface area contributed by atoms with Crippen molar-refractivity contribution in [2.75, 3.05) is 0 Å². The summed E-state index contributed by atoms with van der Waals surface area (Å²) in [6.45, 7) is 1.50. The molecule has 1 unspecified atom stereocenters. The monoisotopic (exact) mass is 269 g/mol. The lowest BCUT2D eigenvalue weighted by Gasteiger charge is -2.25. The van der Waals surface area contributed by atoms with Gasteiger partial charge in [-0.3, -0.25) is 9.78 Å². The number of aryl methyl sites for hydroxylation is 1. The number of halogens is 1. The lowest BCUT2D eigenvalue weighted by atomic mass is 9.81. The van der Waals surface area contributed by atoms with Crippen molar-refractivity contribution in [3.63, 3.8) is 0 Å². The van der Waals surface area contributed by atoms with E-state index in [1.54, 1.807) is 18.3 Å². The van der Waals surface area contributed by atoms with Crippen molar-refractivity contribution in [2.24, 2.45) is 0 Å². The predicted molar refractivity (Wildman–Crippen MR) is 75.4 cm³/mol. The van der Waals surface area contributed by atoms with E-state index in [-0.39, 0.29) is 17.5 Å². The smallest absolute Gasteiger partial charge is 0.159 e. The van der Waals surface area contributed by atoms with Crippen LogP contribution in [0.1, 0.15) is 52.9 Å². The average Bonchev–Trinajstić information content (AvgIpc) is 2.47.